The van der Waals surface area contributed by atoms with Crippen LogP contribution >= 0.6 is 0 Å². The second-order valence-corrected chi connectivity index (χ2v) is 11.0. The van der Waals surface area contributed by atoms with Crippen LogP contribution in [0.25, 0.3) is 12.0 Å². The van der Waals surface area contributed by atoms with Crippen molar-refractivity contribution in [2.24, 2.45) is 28.6 Å². The van der Waals surface area contributed by atoms with E-state index in [1.165, 1.54) is 0 Å². The van der Waals surface area contributed by atoms with Crippen molar-refractivity contribution in [1.82, 2.24) is 30.2 Å². The molecule has 2 amide bonds. The smallest absolute Gasteiger partial charge is 0.257 e. The van der Waals surface area contributed by atoms with Gasteiger partial charge in [0.05, 0.1) is 11.6 Å². The summed E-state index contributed by atoms with van der Waals surface area (Å²) >= 11 is 0. The zero-order valence-electron chi connectivity index (χ0n) is 20.1. The lowest BCUT2D eigenvalue weighted by atomic mass is 9.48. The highest BCUT2D eigenvalue weighted by atomic mass is 16.3. The summed E-state index contributed by atoms with van der Waals surface area (Å²) < 4.78 is 3.21. The van der Waals surface area contributed by atoms with Gasteiger partial charge in [-0.15, -0.1) is 0 Å². The lowest BCUT2D eigenvalue weighted by Crippen LogP contribution is -2.60. The summed E-state index contributed by atoms with van der Waals surface area (Å²) in [6, 6.07) is 1.92. The summed E-state index contributed by atoms with van der Waals surface area (Å²) in [5.41, 5.74) is -0.240. The molecule has 9 nitrogen and oxygen atoms in total. The molecule has 3 N–H and O–H groups in total. The van der Waals surface area contributed by atoms with Gasteiger partial charge in [0.15, 0.2) is 5.82 Å². The molecular weight excluding hydrogens is 432 g/mol. The molecule has 4 aliphatic carbocycles. The van der Waals surface area contributed by atoms with Crippen molar-refractivity contribution >= 4 is 18.0 Å². The third kappa shape index (κ3) is 3.85. The molecule has 4 aliphatic rings. The molecule has 4 fully saturated rings. The van der Waals surface area contributed by atoms with Gasteiger partial charge in [-0.05, 0) is 75.2 Å². The predicted octanol–water partition coefficient (Wildman–Crippen LogP) is 2.23. The van der Waals surface area contributed by atoms with E-state index in [0.29, 0.717) is 29.1 Å². The van der Waals surface area contributed by atoms with Crippen LogP contribution < -0.4 is 10.6 Å². The number of carbonyl (C=O) groups is 2. The van der Waals surface area contributed by atoms with Crippen molar-refractivity contribution in [2.75, 3.05) is 13.7 Å². The molecule has 34 heavy (non-hydrogen) atoms. The van der Waals surface area contributed by atoms with E-state index in [-0.39, 0.29) is 29.9 Å². The maximum Gasteiger partial charge on any atom is 0.257 e. The number of carbonyl (C=O) groups excluding carboxylic acids is 2. The van der Waals surface area contributed by atoms with E-state index in [0.717, 1.165) is 32.1 Å². The molecule has 0 aromatic carbocycles. The fourth-order valence-electron chi connectivity index (χ4n) is 6.75. The van der Waals surface area contributed by atoms with Crippen molar-refractivity contribution < 1.29 is 14.7 Å². The Hall–Kier alpha value is -2.94. The summed E-state index contributed by atoms with van der Waals surface area (Å²) in [6.07, 6.45) is 13.8. The van der Waals surface area contributed by atoms with Crippen LogP contribution in [0.1, 0.15) is 56.3 Å². The van der Waals surface area contributed by atoms with Crippen LogP contribution in [-0.4, -0.2) is 56.2 Å². The standard InChI is InChI=1S/C25H34N6O3/c1-24(2,23(34)26-3)5-8-31-22(30-7-4-6-27-30)19(14-28-31)21(33)29-20-17-9-16-10-18(20)13-25(11-16,12-17)15-32/h4-8,14,16-18,20,32H,9-13,15H2,1-3H3,(H,26,34)(H,29,33)/b8-5+. The summed E-state index contributed by atoms with van der Waals surface area (Å²) in [6.45, 7) is 3.89. The summed E-state index contributed by atoms with van der Waals surface area (Å²) in [5.74, 6) is 1.76. The molecule has 0 spiro atoms. The minimum Gasteiger partial charge on any atom is -0.396 e. The van der Waals surface area contributed by atoms with Crippen LogP contribution in [0.2, 0.25) is 0 Å². The number of aliphatic hydroxyl groups is 1. The first-order valence-corrected chi connectivity index (χ1v) is 12.2. The van der Waals surface area contributed by atoms with E-state index in [9.17, 15) is 14.7 Å². The van der Waals surface area contributed by atoms with E-state index in [1.807, 2.05) is 13.8 Å². The van der Waals surface area contributed by atoms with Gasteiger partial charge in [-0.3, -0.25) is 9.59 Å². The number of hydrogen-bond donors (Lipinski definition) is 3. The number of nitrogens with zero attached hydrogens (tertiary/aromatic N) is 4. The Kier molecular flexibility index (Phi) is 5.62. The number of nitrogens with one attached hydrogen (secondary N) is 2. The first kappa shape index (κ1) is 22.8. The topological polar surface area (TPSA) is 114 Å². The molecule has 0 radical (unpaired) electrons. The largest absolute Gasteiger partial charge is 0.396 e. The summed E-state index contributed by atoms with van der Waals surface area (Å²) in [4.78, 5) is 25.7. The zero-order chi connectivity index (χ0) is 24.1. The van der Waals surface area contributed by atoms with Crippen LogP contribution in [0.4, 0.5) is 0 Å². The fourth-order valence-corrected chi connectivity index (χ4v) is 6.75. The fraction of sp³-hybridized carbons (Fsp3) is 0.600. The van der Waals surface area contributed by atoms with Crippen molar-refractivity contribution in [1.29, 1.82) is 0 Å². The van der Waals surface area contributed by atoms with Crippen LogP contribution in [-0.2, 0) is 4.79 Å². The van der Waals surface area contributed by atoms with Gasteiger partial charge in [0.2, 0.25) is 5.91 Å². The Bertz CT molecular complexity index is 1090. The maximum absolute atomic E-state index is 13.5. The van der Waals surface area contributed by atoms with Crippen LogP contribution in [0.15, 0.2) is 30.7 Å². The Morgan fingerprint density at radius 2 is 1.97 bits per heavy atom. The minimum absolute atomic E-state index is 0.0607. The van der Waals surface area contributed by atoms with Crippen LogP contribution in [0, 0.1) is 28.6 Å². The molecule has 2 unspecified atom stereocenters. The Balaban J connectivity index is 1.41. The first-order chi connectivity index (χ1) is 16.2. The van der Waals surface area contributed by atoms with E-state index < -0.39 is 5.41 Å². The quantitative estimate of drug-likeness (QED) is 0.579. The lowest BCUT2D eigenvalue weighted by Gasteiger charge is -2.59. The third-order valence-electron chi connectivity index (χ3n) is 8.21. The number of hydrogen-bond acceptors (Lipinski definition) is 5. The number of amides is 2. The molecule has 0 saturated heterocycles. The van der Waals surface area contributed by atoms with Gasteiger partial charge in [-0.1, -0.05) is 6.08 Å². The molecule has 2 aromatic heterocycles. The maximum atomic E-state index is 13.5. The van der Waals surface area contributed by atoms with Gasteiger partial charge in [0.1, 0.15) is 5.56 Å². The Labute approximate surface area is 199 Å². The second-order valence-electron chi connectivity index (χ2n) is 11.0. The molecule has 2 heterocycles. The molecule has 4 saturated carbocycles. The van der Waals surface area contributed by atoms with Crippen molar-refractivity contribution in [2.45, 2.75) is 52.0 Å². The van der Waals surface area contributed by atoms with Crippen LogP contribution in [0.5, 0.6) is 0 Å². The summed E-state index contributed by atoms with van der Waals surface area (Å²) in [5, 5.41) is 24.8. The monoisotopic (exact) mass is 466 g/mol. The number of rotatable bonds is 7. The van der Waals surface area contributed by atoms with Gasteiger partial charge in [0, 0.05) is 38.3 Å². The molecule has 9 heteroatoms. The van der Waals surface area contributed by atoms with Gasteiger partial charge in [-0.25, -0.2) is 9.36 Å². The van der Waals surface area contributed by atoms with Gasteiger partial charge < -0.3 is 15.7 Å². The van der Waals surface area contributed by atoms with E-state index in [1.54, 1.807) is 53.3 Å². The van der Waals surface area contributed by atoms with Gasteiger partial charge >= 0.3 is 0 Å². The van der Waals surface area contributed by atoms with E-state index in [4.69, 9.17) is 0 Å². The number of aromatic nitrogens is 4. The molecule has 2 aromatic rings. The average Bonchev–Trinajstić information content (AvgIpc) is 3.48. The average molecular weight is 467 g/mol. The lowest BCUT2D eigenvalue weighted by molar-refractivity contribution is -0.126. The third-order valence-corrected chi connectivity index (χ3v) is 8.21. The highest BCUT2D eigenvalue weighted by Gasteiger charge is 2.55. The highest BCUT2D eigenvalue weighted by molar-refractivity contribution is 5.97. The minimum atomic E-state index is -0.743. The van der Waals surface area contributed by atoms with Crippen molar-refractivity contribution in [3.63, 3.8) is 0 Å². The normalized spacial score (nSPS) is 30.1. The first-order valence-electron chi connectivity index (χ1n) is 12.2. The Morgan fingerprint density at radius 1 is 1.24 bits per heavy atom. The molecule has 6 rings (SSSR count). The number of aliphatic hydroxyl groups excluding tert-OH is 1. The summed E-state index contributed by atoms with van der Waals surface area (Å²) in [7, 11) is 1.61. The van der Waals surface area contributed by atoms with Crippen molar-refractivity contribution in [3.8, 4) is 5.82 Å². The molecule has 4 bridgehead atoms. The van der Waals surface area contributed by atoms with E-state index >= 15 is 0 Å². The van der Waals surface area contributed by atoms with Crippen LogP contribution in [0.3, 0.4) is 0 Å². The zero-order valence-corrected chi connectivity index (χ0v) is 20.1. The predicted molar refractivity (Wildman–Crippen MR) is 127 cm³/mol. The van der Waals surface area contributed by atoms with Gasteiger partial charge in [-0.2, -0.15) is 10.2 Å². The van der Waals surface area contributed by atoms with E-state index in [2.05, 4.69) is 20.8 Å². The van der Waals surface area contributed by atoms with Crippen molar-refractivity contribution in [3.05, 3.63) is 36.3 Å². The second kappa shape index (κ2) is 8.37. The SMILES string of the molecule is CNC(=O)C(C)(C)/C=C/n1ncc(C(=O)NC2C3CC4CC2CC(CO)(C4)C3)c1-n1cccn1. The Morgan fingerprint density at radius 3 is 2.59 bits per heavy atom. The molecule has 182 valence electrons. The van der Waals surface area contributed by atoms with Gasteiger partial charge in [0.25, 0.3) is 5.91 Å². The molecule has 2 atom stereocenters. The molecule has 0 aliphatic heterocycles. The highest BCUT2D eigenvalue weighted by Crippen LogP contribution is 2.59. The molecular formula is C25H34N6O3.